The fourth-order valence-electron chi connectivity index (χ4n) is 2.04. The van der Waals surface area contributed by atoms with E-state index in [2.05, 4.69) is 19.2 Å². The van der Waals surface area contributed by atoms with Crippen LogP contribution in [0.4, 0.5) is 0 Å². The molecule has 2 N–H and O–H groups in total. The Morgan fingerprint density at radius 3 is 2.80 bits per heavy atom. The van der Waals surface area contributed by atoms with Crippen molar-refractivity contribution in [3.05, 3.63) is 29.8 Å². The van der Waals surface area contributed by atoms with E-state index in [-0.39, 0.29) is 5.56 Å². The van der Waals surface area contributed by atoms with Gasteiger partial charge in [0.1, 0.15) is 17.9 Å². The number of hydrogen-bond acceptors (Lipinski definition) is 3. The Bertz CT molecular complexity index is 406. The molecular formula is C16H25NO3. The molecule has 0 radical (unpaired) electrons. The van der Waals surface area contributed by atoms with Crippen molar-refractivity contribution in [2.45, 2.75) is 45.6 Å². The number of rotatable bonds is 10. The largest absolute Gasteiger partial charge is 0.491 e. The van der Waals surface area contributed by atoms with Gasteiger partial charge in [-0.1, -0.05) is 38.3 Å². The normalized spacial score (nSPS) is 12.1. The van der Waals surface area contributed by atoms with Crippen molar-refractivity contribution in [3.63, 3.8) is 0 Å². The number of nitrogens with one attached hydrogen (secondary N) is 1. The van der Waals surface area contributed by atoms with Gasteiger partial charge >= 0.3 is 5.97 Å². The number of carboxylic acids is 1. The monoisotopic (exact) mass is 279 g/mol. The van der Waals surface area contributed by atoms with E-state index >= 15 is 0 Å². The number of hydrogen-bond donors (Lipinski definition) is 2. The zero-order valence-corrected chi connectivity index (χ0v) is 12.4. The summed E-state index contributed by atoms with van der Waals surface area (Å²) in [6.07, 6.45) is 4.92. The lowest BCUT2D eigenvalue weighted by Gasteiger charge is -2.14. The van der Waals surface area contributed by atoms with Crippen molar-refractivity contribution in [1.82, 2.24) is 5.32 Å². The van der Waals surface area contributed by atoms with E-state index in [9.17, 15) is 4.79 Å². The van der Waals surface area contributed by atoms with Crippen LogP contribution in [-0.4, -0.2) is 30.3 Å². The van der Waals surface area contributed by atoms with Gasteiger partial charge < -0.3 is 15.2 Å². The van der Waals surface area contributed by atoms with Crippen LogP contribution in [0.1, 0.15) is 49.9 Å². The van der Waals surface area contributed by atoms with Crippen molar-refractivity contribution in [3.8, 4) is 5.75 Å². The molecule has 0 heterocycles. The molecule has 1 rings (SSSR count). The maximum absolute atomic E-state index is 11.0. The van der Waals surface area contributed by atoms with Crippen LogP contribution in [0.3, 0.4) is 0 Å². The summed E-state index contributed by atoms with van der Waals surface area (Å²) < 4.78 is 5.53. The molecule has 0 aliphatic carbocycles. The van der Waals surface area contributed by atoms with Gasteiger partial charge in [-0.15, -0.1) is 0 Å². The highest BCUT2D eigenvalue weighted by Gasteiger charge is 2.09. The van der Waals surface area contributed by atoms with Crippen LogP contribution in [0.2, 0.25) is 0 Å². The van der Waals surface area contributed by atoms with Crippen LogP contribution >= 0.6 is 0 Å². The smallest absolute Gasteiger partial charge is 0.339 e. The summed E-state index contributed by atoms with van der Waals surface area (Å²) in [5.74, 6) is -0.526. The maximum atomic E-state index is 11.0. The fraction of sp³-hybridized carbons (Fsp3) is 0.562. The molecule has 0 amide bonds. The van der Waals surface area contributed by atoms with E-state index in [0.29, 0.717) is 18.4 Å². The number of carboxylic acid groups (broad SMARTS) is 1. The SMILES string of the molecule is CCCCCC(C)NCCOc1ccccc1C(=O)O. The van der Waals surface area contributed by atoms with Crippen molar-refractivity contribution < 1.29 is 14.6 Å². The molecule has 0 fully saturated rings. The maximum Gasteiger partial charge on any atom is 0.339 e. The molecular weight excluding hydrogens is 254 g/mol. The molecule has 0 saturated carbocycles. The molecule has 1 aromatic carbocycles. The van der Waals surface area contributed by atoms with Crippen molar-refractivity contribution in [2.75, 3.05) is 13.2 Å². The molecule has 20 heavy (non-hydrogen) atoms. The van der Waals surface area contributed by atoms with E-state index < -0.39 is 5.97 Å². The number of aromatic carboxylic acids is 1. The molecule has 4 heteroatoms. The first-order chi connectivity index (χ1) is 9.65. The number of para-hydroxylation sites is 1. The van der Waals surface area contributed by atoms with Crippen molar-refractivity contribution >= 4 is 5.97 Å². The summed E-state index contributed by atoms with van der Waals surface area (Å²) in [6.45, 7) is 5.57. The van der Waals surface area contributed by atoms with Crippen LogP contribution in [0, 0.1) is 0 Å². The molecule has 0 aromatic heterocycles. The summed E-state index contributed by atoms with van der Waals surface area (Å²) in [5.41, 5.74) is 0.212. The lowest BCUT2D eigenvalue weighted by Crippen LogP contribution is -2.30. The Hall–Kier alpha value is -1.55. The van der Waals surface area contributed by atoms with Crippen LogP contribution in [0.15, 0.2) is 24.3 Å². The third-order valence-corrected chi connectivity index (χ3v) is 3.21. The van der Waals surface area contributed by atoms with Gasteiger partial charge in [0.2, 0.25) is 0 Å². The standard InChI is InChI=1S/C16H25NO3/c1-3-4-5-8-13(2)17-11-12-20-15-10-7-6-9-14(15)16(18)19/h6-7,9-10,13,17H,3-5,8,11-12H2,1-2H3,(H,18,19). The Kier molecular flexibility index (Phi) is 7.73. The molecule has 0 bridgehead atoms. The third-order valence-electron chi connectivity index (χ3n) is 3.21. The summed E-state index contributed by atoms with van der Waals surface area (Å²) in [4.78, 5) is 11.0. The predicted molar refractivity (Wildman–Crippen MR) is 80.5 cm³/mol. The molecule has 0 saturated heterocycles. The van der Waals surface area contributed by atoms with Crippen LogP contribution in [0.25, 0.3) is 0 Å². The zero-order chi connectivity index (χ0) is 14.8. The molecule has 1 aromatic rings. The lowest BCUT2D eigenvalue weighted by molar-refractivity contribution is 0.0692. The van der Waals surface area contributed by atoms with Gasteiger partial charge in [0.05, 0.1) is 0 Å². The first kappa shape index (κ1) is 16.5. The lowest BCUT2D eigenvalue weighted by atomic mass is 10.1. The first-order valence-electron chi connectivity index (χ1n) is 7.33. The average molecular weight is 279 g/mol. The first-order valence-corrected chi connectivity index (χ1v) is 7.33. The zero-order valence-electron chi connectivity index (χ0n) is 12.4. The minimum Gasteiger partial charge on any atom is -0.491 e. The fourth-order valence-corrected chi connectivity index (χ4v) is 2.04. The average Bonchev–Trinajstić information content (AvgIpc) is 2.44. The Balaban J connectivity index is 2.26. The van der Waals surface area contributed by atoms with Crippen LogP contribution in [-0.2, 0) is 0 Å². The van der Waals surface area contributed by atoms with Gasteiger partial charge in [-0.05, 0) is 25.5 Å². The second-order valence-corrected chi connectivity index (χ2v) is 5.00. The van der Waals surface area contributed by atoms with E-state index in [1.807, 2.05) is 0 Å². The number of carbonyl (C=O) groups is 1. The van der Waals surface area contributed by atoms with Gasteiger partial charge in [0.15, 0.2) is 0 Å². The minimum atomic E-state index is -0.957. The topological polar surface area (TPSA) is 58.6 Å². The van der Waals surface area contributed by atoms with E-state index in [4.69, 9.17) is 9.84 Å². The Morgan fingerprint density at radius 2 is 2.10 bits per heavy atom. The highest BCUT2D eigenvalue weighted by Crippen LogP contribution is 2.17. The highest BCUT2D eigenvalue weighted by atomic mass is 16.5. The molecule has 0 aliphatic heterocycles. The molecule has 0 spiro atoms. The quantitative estimate of drug-likeness (QED) is 0.645. The van der Waals surface area contributed by atoms with Crippen molar-refractivity contribution in [1.29, 1.82) is 0 Å². The van der Waals surface area contributed by atoms with Gasteiger partial charge in [-0.25, -0.2) is 4.79 Å². The van der Waals surface area contributed by atoms with Gasteiger partial charge in [0, 0.05) is 12.6 Å². The third kappa shape index (κ3) is 6.06. The molecule has 1 atom stereocenters. The highest BCUT2D eigenvalue weighted by molar-refractivity contribution is 5.90. The van der Waals surface area contributed by atoms with Gasteiger partial charge in [-0.2, -0.15) is 0 Å². The number of benzene rings is 1. The summed E-state index contributed by atoms with van der Waals surface area (Å²) >= 11 is 0. The van der Waals surface area contributed by atoms with Gasteiger partial charge in [0.25, 0.3) is 0 Å². The summed E-state index contributed by atoms with van der Waals surface area (Å²) in [7, 11) is 0. The summed E-state index contributed by atoms with van der Waals surface area (Å²) in [5, 5.41) is 12.4. The second kappa shape index (κ2) is 9.37. The second-order valence-electron chi connectivity index (χ2n) is 5.00. The van der Waals surface area contributed by atoms with Crippen LogP contribution < -0.4 is 10.1 Å². The molecule has 112 valence electrons. The molecule has 0 aliphatic rings. The van der Waals surface area contributed by atoms with E-state index in [1.54, 1.807) is 24.3 Å². The Labute approximate surface area is 121 Å². The molecule has 1 unspecified atom stereocenters. The van der Waals surface area contributed by atoms with E-state index in [0.717, 1.165) is 6.54 Å². The molecule has 4 nitrogen and oxygen atoms in total. The van der Waals surface area contributed by atoms with Gasteiger partial charge in [-0.3, -0.25) is 0 Å². The Morgan fingerprint density at radius 1 is 1.35 bits per heavy atom. The summed E-state index contributed by atoms with van der Waals surface area (Å²) in [6, 6.07) is 7.19. The van der Waals surface area contributed by atoms with E-state index in [1.165, 1.54) is 25.7 Å². The minimum absolute atomic E-state index is 0.212. The predicted octanol–water partition coefficient (Wildman–Crippen LogP) is 3.32. The van der Waals surface area contributed by atoms with Crippen LogP contribution in [0.5, 0.6) is 5.75 Å². The number of unbranched alkanes of at least 4 members (excludes halogenated alkanes) is 2. The number of ether oxygens (including phenoxy) is 1. The van der Waals surface area contributed by atoms with Crippen molar-refractivity contribution in [2.24, 2.45) is 0 Å².